The summed E-state index contributed by atoms with van der Waals surface area (Å²) < 4.78 is 11.1. The molecule has 0 radical (unpaired) electrons. The summed E-state index contributed by atoms with van der Waals surface area (Å²) in [6, 6.07) is 10.4. The number of fused-ring (bicyclic) bond motifs is 1. The number of hydrogen-bond donors (Lipinski definition) is 0. The van der Waals surface area contributed by atoms with E-state index in [1.54, 1.807) is 35.4 Å². The lowest BCUT2D eigenvalue weighted by Crippen LogP contribution is -2.45. The Hall–Kier alpha value is -3.22. The Labute approximate surface area is 149 Å². The van der Waals surface area contributed by atoms with Gasteiger partial charge in [-0.15, -0.1) is 0 Å². The molecule has 1 unspecified atom stereocenters. The summed E-state index contributed by atoms with van der Waals surface area (Å²) in [5.74, 6) is 0.144. The van der Waals surface area contributed by atoms with Gasteiger partial charge in [-0.2, -0.15) is 0 Å². The van der Waals surface area contributed by atoms with Gasteiger partial charge in [0.2, 0.25) is 5.88 Å². The molecule has 0 saturated carbocycles. The number of carbonyl (C=O) groups is 1. The molecule has 0 N–H and O–H groups in total. The lowest BCUT2D eigenvalue weighted by molar-refractivity contribution is 0.0524. The van der Waals surface area contributed by atoms with Crippen LogP contribution in [0.15, 0.2) is 58.1 Å². The predicted molar refractivity (Wildman–Crippen MR) is 94.1 cm³/mol. The topological polar surface area (TPSA) is 85.5 Å². The van der Waals surface area contributed by atoms with Crippen LogP contribution in [-0.2, 0) is 0 Å². The maximum Gasteiger partial charge on any atom is 0.349 e. The molecule has 1 saturated heterocycles. The van der Waals surface area contributed by atoms with Crippen molar-refractivity contribution in [1.29, 1.82) is 0 Å². The van der Waals surface area contributed by atoms with Crippen LogP contribution in [0.1, 0.15) is 23.2 Å². The minimum Gasteiger partial charge on any atom is -0.472 e. The molecule has 1 atom stereocenters. The van der Waals surface area contributed by atoms with Gasteiger partial charge in [0, 0.05) is 24.2 Å². The second kappa shape index (κ2) is 6.95. The molecule has 7 heteroatoms. The van der Waals surface area contributed by atoms with E-state index in [1.165, 1.54) is 6.33 Å². The van der Waals surface area contributed by atoms with Gasteiger partial charge in [0.15, 0.2) is 0 Å². The van der Waals surface area contributed by atoms with E-state index in [0.717, 1.165) is 18.2 Å². The van der Waals surface area contributed by atoms with E-state index in [4.69, 9.17) is 9.15 Å². The van der Waals surface area contributed by atoms with Gasteiger partial charge >= 0.3 is 5.63 Å². The van der Waals surface area contributed by atoms with Crippen LogP contribution in [0, 0.1) is 0 Å². The average Bonchev–Trinajstić information content (AvgIpc) is 2.68. The highest BCUT2D eigenvalue weighted by Gasteiger charge is 2.28. The van der Waals surface area contributed by atoms with Crippen molar-refractivity contribution in [3.63, 3.8) is 0 Å². The van der Waals surface area contributed by atoms with Gasteiger partial charge in [-0.1, -0.05) is 18.2 Å². The number of hydrogen-bond acceptors (Lipinski definition) is 6. The number of likely N-dealkylation sites (tertiary alicyclic amines) is 1. The Bertz CT molecular complexity index is 987. The first-order valence-electron chi connectivity index (χ1n) is 8.45. The third-order valence-electron chi connectivity index (χ3n) is 4.38. The van der Waals surface area contributed by atoms with E-state index >= 15 is 0 Å². The summed E-state index contributed by atoms with van der Waals surface area (Å²) in [6.45, 7) is 0.976. The van der Waals surface area contributed by atoms with Gasteiger partial charge in [-0.3, -0.25) is 4.79 Å². The molecular formula is C19H17N3O4. The number of aromatic nitrogens is 2. The van der Waals surface area contributed by atoms with E-state index < -0.39 is 5.63 Å². The summed E-state index contributed by atoms with van der Waals surface area (Å²) in [7, 11) is 0. The van der Waals surface area contributed by atoms with Crippen molar-refractivity contribution in [2.75, 3.05) is 13.1 Å². The Balaban J connectivity index is 1.54. The zero-order chi connectivity index (χ0) is 17.9. The largest absolute Gasteiger partial charge is 0.472 e. The molecule has 26 heavy (non-hydrogen) atoms. The van der Waals surface area contributed by atoms with Crippen LogP contribution in [0.25, 0.3) is 11.0 Å². The van der Waals surface area contributed by atoms with Crippen LogP contribution in [0.2, 0.25) is 0 Å². The maximum absolute atomic E-state index is 12.8. The van der Waals surface area contributed by atoms with E-state index in [0.29, 0.717) is 24.6 Å². The number of ether oxygens (including phenoxy) is 1. The van der Waals surface area contributed by atoms with Crippen molar-refractivity contribution in [3.05, 3.63) is 64.9 Å². The quantitative estimate of drug-likeness (QED) is 0.673. The second-order valence-corrected chi connectivity index (χ2v) is 6.17. The minimum absolute atomic E-state index is 0.0476. The van der Waals surface area contributed by atoms with Crippen molar-refractivity contribution in [2.45, 2.75) is 18.9 Å². The smallest absolute Gasteiger partial charge is 0.349 e. The first kappa shape index (κ1) is 16.3. The first-order chi connectivity index (χ1) is 12.7. The molecule has 7 nitrogen and oxygen atoms in total. The lowest BCUT2D eigenvalue weighted by Gasteiger charge is -2.32. The highest BCUT2D eigenvalue weighted by Crippen LogP contribution is 2.19. The van der Waals surface area contributed by atoms with Gasteiger partial charge in [-0.05, 0) is 25.0 Å². The number of nitrogens with zero attached hydrogens (tertiary/aromatic N) is 3. The molecule has 2 aromatic heterocycles. The molecule has 0 spiro atoms. The Morgan fingerprint density at radius 2 is 2.15 bits per heavy atom. The van der Waals surface area contributed by atoms with Crippen LogP contribution < -0.4 is 10.4 Å². The number of rotatable bonds is 3. The average molecular weight is 351 g/mol. The third kappa shape index (κ3) is 3.28. The number of piperidine rings is 1. The number of para-hydroxylation sites is 1. The number of amides is 1. The fourth-order valence-electron chi connectivity index (χ4n) is 3.12. The van der Waals surface area contributed by atoms with Gasteiger partial charge < -0.3 is 14.1 Å². The van der Waals surface area contributed by atoms with Gasteiger partial charge in [0.05, 0.1) is 6.54 Å². The Morgan fingerprint density at radius 3 is 3.00 bits per heavy atom. The SMILES string of the molecule is O=C(c1cc2ccccc2oc1=O)N1CCCC(Oc2ccncn2)C1. The summed E-state index contributed by atoms with van der Waals surface area (Å²) in [6.07, 6.45) is 4.46. The molecule has 1 amide bonds. The molecule has 4 rings (SSSR count). The van der Waals surface area contributed by atoms with Crippen LogP contribution in [-0.4, -0.2) is 40.0 Å². The fraction of sp³-hybridized carbons (Fsp3) is 0.263. The molecule has 132 valence electrons. The lowest BCUT2D eigenvalue weighted by atomic mass is 10.1. The normalized spacial score (nSPS) is 17.2. The van der Waals surface area contributed by atoms with Crippen molar-refractivity contribution < 1.29 is 13.9 Å². The van der Waals surface area contributed by atoms with E-state index in [-0.39, 0.29) is 17.6 Å². The fourth-order valence-corrected chi connectivity index (χ4v) is 3.12. The Kier molecular flexibility index (Phi) is 4.35. The third-order valence-corrected chi connectivity index (χ3v) is 4.38. The first-order valence-corrected chi connectivity index (χ1v) is 8.45. The van der Waals surface area contributed by atoms with Crippen LogP contribution in [0.5, 0.6) is 5.88 Å². The van der Waals surface area contributed by atoms with E-state index in [2.05, 4.69) is 9.97 Å². The molecular weight excluding hydrogens is 334 g/mol. The monoisotopic (exact) mass is 351 g/mol. The van der Waals surface area contributed by atoms with Crippen molar-refractivity contribution >= 4 is 16.9 Å². The van der Waals surface area contributed by atoms with Crippen molar-refractivity contribution in [2.24, 2.45) is 0 Å². The Morgan fingerprint density at radius 1 is 1.27 bits per heavy atom. The summed E-state index contributed by atoms with van der Waals surface area (Å²) >= 11 is 0. The highest BCUT2D eigenvalue weighted by atomic mass is 16.5. The van der Waals surface area contributed by atoms with Crippen LogP contribution in [0.4, 0.5) is 0 Å². The summed E-state index contributed by atoms with van der Waals surface area (Å²) in [4.78, 5) is 34.6. The maximum atomic E-state index is 12.8. The molecule has 1 aromatic carbocycles. The highest BCUT2D eigenvalue weighted by molar-refractivity contribution is 5.96. The standard InChI is InChI=1S/C19H17N3O4/c23-18(15-10-13-4-1-2-6-16(13)26-19(15)24)22-9-3-5-14(11-22)25-17-7-8-20-12-21-17/h1-2,4,6-8,10,12,14H,3,5,9,11H2. The van der Waals surface area contributed by atoms with E-state index in [9.17, 15) is 9.59 Å². The predicted octanol–water partition coefficient (Wildman–Crippen LogP) is 2.27. The zero-order valence-electron chi connectivity index (χ0n) is 14.0. The van der Waals surface area contributed by atoms with Crippen molar-refractivity contribution in [3.8, 4) is 5.88 Å². The molecule has 3 aromatic rings. The molecule has 1 aliphatic heterocycles. The summed E-state index contributed by atoms with van der Waals surface area (Å²) in [5, 5.41) is 0.723. The van der Waals surface area contributed by atoms with E-state index in [1.807, 2.05) is 12.1 Å². The molecule has 1 aliphatic rings. The number of benzene rings is 1. The van der Waals surface area contributed by atoms with Crippen LogP contribution >= 0.6 is 0 Å². The molecule has 0 aliphatic carbocycles. The zero-order valence-corrected chi connectivity index (χ0v) is 14.0. The molecule has 0 bridgehead atoms. The van der Waals surface area contributed by atoms with Gasteiger partial charge in [0.1, 0.15) is 23.6 Å². The van der Waals surface area contributed by atoms with Gasteiger partial charge in [-0.25, -0.2) is 14.8 Å². The minimum atomic E-state index is -0.618. The molecule has 3 heterocycles. The van der Waals surface area contributed by atoms with Gasteiger partial charge in [0.25, 0.3) is 5.91 Å². The number of carbonyl (C=O) groups excluding carboxylic acids is 1. The molecule has 1 fully saturated rings. The van der Waals surface area contributed by atoms with Crippen LogP contribution in [0.3, 0.4) is 0 Å². The van der Waals surface area contributed by atoms with Crippen molar-refractivity contribution in [1.82, 2.24) is 14.9 Å². The summed E-state index contributed by atoms with van der Waals surface area (Å²) in [5.41, 5.74) is -0.100. The second-order valence-electron chi connectivity index (χ2n) is 6.17.